The number of para-hydroxylation sites is 1. The molecule has 0 radical (unpaired) electrons. The molecule has 3 fully saturated rings. The molecule has 0 aliphatic carbocycles. The van der Waals surface area contributed by atoms with Gasteiger partial charge in [0.1, 0.15) is 6.54 Å². The molecule has 2 aromatic rings. The standard InChI is InChI=1S/C22H27N2O2.HI/c1-24-14-12-19(13-15-24)21(17-24)26-22(25)23(20-10-6-3-7-11-20)16-18-8-4-2-5-9-18;/h2-11,19,21H,12-17H2,1H3;1H/q+1;/p-1. The van der Waals surface area contributed by atoms with Gasteiger partial charge in [0.05, 0.1) is 26.7 Å². The highest BCUT2D eigenvalue weighted by molar-refractivity contribution is 5.87. The van der Waals surface area contributed by atoms with Crippen LogP contribution in [0, 0.1) is 5.92 Å². The van der Waals surface area contributed by atoms with E-state index in [1.165, 1.54) is 25.9 Å². The minimum atomic E-state index is -0.231. The van der Waals surface area contributed by atoms with E-state index >= 15 is 0 Å². The Morgan fingerprint density at radius 1 is 1.04 bits per heavy atom. The van der Waals surface area contributed by atoms with Crippen molar-refractivity contribution in [1.82, 2.24) is 0 Å². The highest BCUT2D eigenvalue weighted by atomic mass is 127. The van der Waals surface area contributed by atoms with E-state index in [-0.39, 0.29) is 36.2 Å². The first-order valence-corrected chi connectivity index (χ1v) is 9.54. The van der Waals surface area contributed by atoms with Crippen molar-refractivity contribution in [2.24, 2.45) is 5.92 Å². The summed E-state index contributed by atoms with van der Waals surface area (Å²) in [5.74, 6) is 0.522. The second-order valence-electron chi connectivity index (χ2n) is 7.92. The smallest absolute Gasteiger partial charge is 0.415 e. The van der Waals surface area contributed by atoms with E-state index in [0.717, 1.165) is 22.3 Å². The number of hydrogen-bond donors (Lipinski definition) is 0. The molecule has 1 amide bonds. The molecule has 144 valence electrons. The van der Waals surface area contributed by atoms with Gasteiger partial charge in [0.15, 0.2) is 6.10 Å². The minimum absolute atomic E-state index is 0. The largest absolute Gasteiger partial charge is 1.00 e. The Balaban J connectivity index is 0.00000210. The summed E-state index contributed by atoms with van der Waals surface area (Å²) in [6.07, 6.45) is 2.14. The van der Waals surface area contributed by atoms with E-state index in [2.05, 4.69) is 7.05 Å². The third-order valence-electron chi connectivity index (χ3n) is 5.95. The lowest BCUT2D eigenvalue weighted by atomic mass is 9.84. The maximum atomic E-state index is 13.1. The predicted octanol–water partition coefficient (Wildman–Crippen LogP) is 1.07. The van der Waals surface area contributed by atoms with Crippen LogP contribution in [0.1, 0.15) is 18.4 Å². The van der Waals surface area contributed by atoms with Gasteiger partial charge in [-0.25, -0.2) is 4.79 Å². The fraction of sp³-hybridized carbons (Fsp3) is 0.409. The molecular weight excluding hydrogens is 451 g/mol. The molecule has 5 rings (SSSR count). The molecule has 0 spiro atoms. The van der Waals surface area contributed by atoms with Crippen LogP contribution in [0.5, 0.6) is 0 Å². The Morgan fingerprint density at radius 2 is 1.63 bits per heavy atom. The number of carbonyl (C=O) groups is 1. The number of carbonyl (C=O) groups excluding carboxylic acids is 1. The second-order valence-corrected chi connectivity index (χ2v) is 7.92. The lowest BCUT2D eigenvalue weighted by Gasteiger charge is -2.49. The van der Waals surface area contributed by atoms with Crippen molar-refractivity contribution in [3.05, 3.63) is 66.2 Å². The zero-order valence-electron chi connectivity index (χ0n) is 15.8. The van der Waals surface area contributed by atoms with E-state index in [9.17, 15) is 4.79 Å². The molecule has 1 unspecified atom stereocenters. The number of nitrogens with zero attached hydrogens (tertiary/aromatic N) is 2. The van der Waals surface area contributed by atoms with Gasteiger partial charge in [-0.05, 0) is 17.7 Å². The normalized spacial score (nSPS) is 26.1. The number of likely N-dealkylation sites (N-methyl/N-ethyl adjacent to an activating group) is 1. The molecule has 5 heteroatoms. The molecule has 3 heterocycles. The van der Waals surface area contributed by atoms with Crippen LogP contribution < -0.4 is 28.9 Å². The number of anilines is 1. The van der Waals surface area contributed by atoms with Crippen LogP contribution in [0.4, 0.5) is 10.5 Å². The highest BCUT2D eigenvalue weighted by Crippen LogP contribution is 2.34. The Morgan fingerprint density at radius 3 is 2.22 bits per heavy atom. The summed E-state index contributed by atoms with van der Waals surface area (Å²) < 4.78 is 7.09. The number of benzene rings is 2. The van der Waals surface area contributed by atoms with Gasteiger partial charge < -0.3 is 33.2 Å². The third kappa shape index (κ3) is 4.63. The number of fused-ring (bicyclic) bond motifs is 3. The maximum Gasteiger partial charge on any atom is 0.415 e. The van der Waals surface area contributed by atoms with E-state index in [4.69, 9.17) is 4.74 Å². The molecule has 1 atom stereocenters. The maximum absolute atomic E-state index is 13.1. The molecule has 3 aliphatic rings. The van der Waals surface area contributed by atoms with Crippen molar-refractivity contribution >= 4 is 11.8 Å². The molecule has 0 aromatic heterocycles. The lowest BCUT2D eigenvalue weighted by molar-refractivity contribution is -0.928. The van der Waals surface area contributed by atoms with Crippen molar-refractivity contribution in [1.29, 1.82) is 0 Å². The van der Waals surface area contributed by atoms with Gasteiger partial charge in [0, 0.05) is 24.4 Å². The average molecular weight is 478 g/mol. The Bertz CT molecular complexity index is 745. The monoisotopic (exact) mass is 478 g/mol. The first-order valence-electron chi connectivity index (χ1n) is 9.54. The Labute approximate surface area is 178 Å². The van der Waals surface area contributed by atoms with Crippen LogP contribution in [0.2, 0.25) is 0 Å². The average Bonchev–Trinajstić information content (AvgIpc) is 2.67. The summed E-state index contributed by atoms with van der Waals surface area (Å²) in [4.78, 5) is 14.9. The van der Waals surface area contributed by atoms with Gasteiger partial charge in [-0.2, -0.15) is 0 Å². The van der Waals surface area contributed by atoms with Gasteiger partial charge in [-0.3, -0.25) is 4.90 Å². The summed E-state index contributed by atoms with van der Waals surface area (Å²) >= 11 is 0. The summed E-state index contributed by atoms with van der Waals surface area (Å²) in [6, 6.07) is 19.9. The van der Waals surface area contributed by atoms with Gasteiger partial charge in [0.25, 0.3) is 0 Å². The SMILES string of the molecule is C[N+]12CCC(CC1)C(OC(=O)N(Cc1ccccc1)c1ccccc1)C2.[I-]. The topological polar surface area (TPSA) is 29.5 Å². The van der Waals surface area contributed by atoms with E-state index in [1.807, 2.05) is 60.7 Å². The molecule has 3 aliphatic heterocycles. The molecule has 2 bridgehead atoms. The van der Waals surface area contributed by atoms with Gasteiger partial charge >= 0.3 is 6.09 Å². The summed E-state index contributed by atoms with van der Waals surface area (Å²) in [6.45, 7) is 3.90. The number of ether oxygens (including phenoxy) is 1. The van der Waals surface area contributed by atoms with Crippen LogP contribution in [-0.2, 0) is 11.3 Å². The minimum Gasteiger partial charge on any atom is -1.00 e. The molecule has 27 heavy (non-hydrogen) atoms. The predicted molar refractivity (Wildman–Crippen MR) is 103 cm³/mol. The number of rotatable bonds is 4. The molecular formula is C22H27IN2O2. The summed E-state index contributed by atoms with van der Waals surface area (Å²) in [5.41, 5.74) is 1.98. The quantitative estimate of drug-likeness (QED) is 0.487. The molecule has 0 saturated carbocycles. The van der Waals surface area contributed by atoms with E-state index in [0.29, 0.717) is 12.5 Å². The van der Waals surface area contributed by atoms with Crippen LogP contribution in [0.15, 0.2) is 60.7 Å². The van der Waals surface area contributed by atoms with Crippen LogP contribution in [0.3, 0.4) is 0 Å². The molecule has 0 N–H and O–H groups in total. The zero-order chi connectivity index (χ0) is 18.0. The summed E-state index contributed by atoms with van der Waals surface area (Å²) in [5, 5.41) is 0. The first kappa shape index (κ1) is 20.1. The third-order valence-corrected chi connectivity index (χ3v) is 5.95. The number of piperidine rings is 3. The number of hydrogen-bond acceptors (Lipinski definition) is 2. The first-order chi connectivity index (χ1) is 12.6. The Hall–Kier alpha value is -1.60. The van der Waals surface area contributed by atoms with Crippen molar-refractivity contribution in [2.45, 2.75) is 25.5 Å². The van der Waals surface area contributed by atoms with Gasteiger partial charge in [-0.1, -0.05) is 48.5 Å². The van der Waals surface area contributed by atoms with Gasteiger partial charge in [-0.15, -0.1) is 0 Å². The number of quaternary nitrogens is 1. The second kappa shape index (κ2) is 8.61. The van der Waals surface area contributed by atoms with E-state index < -0.39 is 0 Å². The molecule has 4 nitrogen and oxygen atoms in total. The van der Waals surface area contributed by atoms with Crippen molar-refractivity contribution < 1.29 is 38.0 Å². The van der Waals surface area contributed by atoms with Crippen LogP contribution in [0.25, 0.3) is 0 Å². The summed E-state index contributed by atoms with van der Waals surface area (Å²) in [7, 11) is 2.29. The fourth-order valence-electron chi connectivity index (χ4n) is 4.31. The van der Waals surface area contributed by atoms with Crippen LogP contribution in [-0.4, -0.2) is 43.4 Å². The van der Waals surface area contributed by atoms with Crippen molar-refractivity contribution in [2.75, 3.05) is 31.6 Å². The lowest BCUT2D eigenvalue weighted by Crippen LogP contribution is -3.00. The van der Waals surface area contributed by atoms with Crippen molar-refractivity contribution in [3.63, 3.8) is 0 Å². The van der Waals surface area contributed by atoms with Crippen molar-refractivity contribution in [3.8, 4) is 0 Å². The number of halogens is 1. The molecule has 2 aromatic carbocycles. The number of amides is 1. The van der Waals surface area contributed by atoms with Crippen LogP contribution >= 0.6 is 0 Å². The fourth-order valence-corrected chi connectivity index (χ4v) is 4.31. The van der Waals surface area contributed by atoms with E-state index in [1.54, 1.807) is 4.90 Å². The Kier molecular flexibility index (Phi) is 6.42. The van der Waals surface area contributed by atoms with Gasteiger partial charge in [0.2, 0.25) is 0 Å². The molecule has 3 saturated heterocycles. The highest BCUT2D eigenvalue weighted by Gasteiger charge is 2.45. The zero-order valence-corrected chi connectivity index (χ0v) is 17.9.